The van der Waals surface area contributed by atoms with Gasteiger partial charge in [0.2, 0.25) is 0 Å². The lowest BCUT2D eigenvalue weighted by atomic mass is 9.87. The van der Waals surface area contributed by atoms with E-state index >= 15 is 0 Å². The van der Waals surface area contributed by atoms with Crippen molar-refractivity contribution in [1.82, 2.24) is 15.0 Å². The highest BCUT2D eigenvalue weighted by Gasteiger charge is 2.13. The van der Waals surface area contributed by atoms with Gasteiger partial charge in [-0.2, -0.15) is 0 Å². The van der Waals surface area contributed by atoms with Gasteiger partial charge in [0.05, 0.1) is 11.3 Å². The molecule has 3 rings (SSSR count). The fourth-order valence-corrected chi connectivity index (χ4v) is 3.06. The van der Waals surface area contributed by atoms with Gasteiger partial charge in [0.1, 0.15) is 5.52 Å². The highest BCUT2D eigenvalue weighted by atomic mass is 32.2. The molecule has 3 aromatic rings. The lowest BCUT2D eigenvalue weighted by Crippen LogP contribution is -2.23. The largest absolute Gasteiger partial charge is 0.278 e. The number of benzene rings is 2. The number of hydrogen-bond acceptors (Lipinski definition) is 4. The maximum atomic E-state index is 12.4. The highest BCUT2D eigenvalue weighted by molar-refractivity contribution is 7.98. The van der Waals surface area contributed by atoms with E-state index in [1.165, 1.54) is 10.2 Å². The Hall–Kier alpha value is -2.14. The third kappa shape index (κ3) is 3.45. The monoisotopic (exact) mass is 325 g/mol. The molecule has 0 saturated carbocycles. The van der Waals surface area contributed by atoms with Crippen LogP contribution in [0.3, 0.4) is 0 Å². The van der Waals surface area contributed by atoms with Gasteiger partial charge in [0.15, 0.2) is 0 Å². The minimum Gasteiger partial charge on any atom is -0.267 e. The molecule has 0 atom stereocenters. The molecule has 4 nitrogen and oxygen atoms in total. The molecular formula is C18H19N3OS. The molecular weight excluding hydrogens is 306 g/mol. The average molecular weight is 325 g/mol. The van der Waals surface area contributed by atoms with E-state index in [4.69, 9.17) is 0 Å². The Morgan fingerprint density at radius 2 is 1.74 bits per heavy atom. The third-order valence-electron chi connectivity index (χ3n) is 3.70. The molecule has 0 spiro atoms. The van der Waals surface area contributed by atoms with E-state index in [1.54, 1.807) is 23.9 Å². The highest BCUT2D eigenvalue weighted by Crippen LogP contribution is 2.26. The van der Waals surface area contributed by atoms with Crippen molar-refractivity contribution in [1.29, 1.82) is 0 Å². The Morgan fingerprint density at radius 1 is 1.04 bits per heavy atom. The van der Waals surface area contributed by atoms with Crippen molar-refractivity contribution in [3.05, 3.63) is 64.4 Å². The molecule has 0 radical (unpaired) electrons. The zero-order chi connectivity index (χ0) is 16.4. The van der Waals surface area contributed by atoms with Gasteiger partial charge in [-0.05, 0) is 35.2 Å². The molecule has 1 heterocycles. The number of nitrogens with zero attached hydrogens (tertiary/aromatic N) is 3. The van der Waals surface area contributed by atoms with Gasteiger partial charge in [0, 0.05) is 4.90 Å². The lowest BCUT2D eigenvalue weighted by Gasteiger charge is -2.19. The van der Waals surface area contributed by atoms with Crippen LogP contribution < -0.4 is 5.56 Å². The summed E-state index contributed by atoms with van der Waals surface area (Å²) in [6, 6.07) is 15.7. The van der Waals surface area contributed by atoms with E-state index < -0.39 is 0 Å². The zero-order valence-electron chi connectivity index (χ0n) is 13.5. The molecule has 0 fully saturated rings. The van der Waals surface area contributed by atoms with Crippen molar-refractivity contribution in [3.63, 3.8) is 0 Å². The van der Waals surface area contributed by atoms with Crippen molar-refractivity contribution in [2.24, 2.45) is 0 Å². The van der Waals surface area contributed by atoms with Crippen molar-refractivity contribution in [3.8, 4) is 0 Å². The average Bonchev–Trinajstić information content (AvgIpc) is 2.54. The Morgan fingerprint density at radius 3 is 2.43 bits per heavy atom. The van der Waals surface area contributed by atoms with Gasteiger partial charge in [-0.15, -0.1) is 16.9 Å². The first-order valence-corrected chi connectivity index (χ1v) is 8.49. The summed E-state index contributed by atoms with van der Waals surface area (Å²) in [6.45, 7) is 6.58. The van der Waals surface area contributed by atoms with Gasteiger partial charge in [-0.25, -0.2) is 4.68 Å². The second-order valence-corrected chi connectivity index (χ2v) is 7.48. The number of aromatic nitrogens is 3. The quantitative estimate of drug-likeness (QED) is 0.687. The van der Waals surface area contributed by atoms with Gasteiger partial charge in [-0.3, -0.25) is 4.79 Å². The van der Waals surface area contributed by atoms with E-state index in [0.29, 0.717) is 16.8 Å². The van der Waals surface area contributed by atoms with Crippen LogP contribution in [0.1, 0.15) is 26.3 Å². The van der Waals surface area contributed by atoms with Gasteiger partial charge < -0.3 is 0 Å². The number of rotatable bonds is 3. The number of fused-ring (bicyclic) bond motifs is 1. The summed E-state index contributed by atoms with van der Waals surface area (Å²) in [5.41, 5.74) is 1.97. The smallest absolute Gasteiger partial charge is 0.267 e. The molecule has 0 aliphatic carbocycles. The normalized spacial score (nSPS) is 11.8. The molecule has 2 aromatic carbocycles. The van der Waals surface area contributed by atoms with Crippen LogP contribution in [0.15, 0.2) is 58.2 Å². The van der Waals surface area contributed by atoms with Crippen LogP contribution in [0, 0.1) is 0 Å². The Labute approximate surface area is 139 Å². The molecule has 118 valence electrons. The minimum absolute atomic E-state index is 0.102. The molecule has 0 aliphatic heterocycles. The molecule has 1 aromatic heterocycles. The van der Waals surface area contributed by atoms with Crippen LogP contribution in [0.4, 0.5) is 0 Å². The van der Waals surface area contributed by atoms with Crippen LogP contribution in [0.2, 0.25) is 0 Å². The maximum absolute atomic E-state index is 12.4. The molecule has 0 N–H and O–H groups in total. The van der Waals surface area contributed by atoms with Crippen LogP contribution >= 0.6 is 11.8 Å². The predicted molar refractivity (Wildman–Crippen MR) is 94.8 cm³/mol. The number of thioether (sulfide) groups is 1. The summed E-state index contributed by atoms with van der Waals surface area (Å²) < 4.78 is 1.41. The zero-order valence-corrected chi connectivity index (χ0v) is 14.3. The maximum Gasteiger partial charge on any atom is 0.278 e. The molecule has 5 heteroatoms. The summed E-state index contributed by atoms with van der Waals surface area (Å²) in [6.07, 6.45) is 0. The standard InChI is InChI=1S/C18H19N3OS/c1-18(2,3)13-8-10-14(11-9-13)23-12-21-17(22)15-6-4-5-7-16(15)19-20-21/h4-11H,12H2,1-3H3. The molecule has 0 bridgehead atoms. The molecule has 0 aliphatic rings. The first kappa shape index (κ1) is 15.7. The van der Waals surface area contributed by atoms with E-state index in [0.717, 1.165) is 4.90 Å². The Kier molecular flexibility index (Phi) is 4.22. The second kappa shape index (κ2) is 6.16. The summed E-state index contributed by atoms with van der Waals surface area (Å²) in [4.78, 5) is 13.5. The summed E-state index contributed by atoms with van der Waals surface area (Å²) in [5.74, 6) is 0.450. The molecule has 0 saturated heterocycles. The van der Waals surface area contributed by atoms with E-state index in [-0.39, 0.29) is 11.0 Å². The Balaban J connectivity index is 1.78. The molecule has 0 amide bonds. The van der Waals surface area contributed by atoms with Gasteiger partial charge in [0.25, 0.3) is 5.56 Å². The van der Waals surface area contributed by atoms with E-state index in [2.05, 4.69) is 55.3 Å². The molecule has 0 unspecified atom stereocenters. The summed E-state index contributed by atoms with van der Waals surface area (Å²) in [5, 5.41) is 8.71. The summed E-state index contributed by atoms with van der Waals surface area (Å²) >= 11 is 1.58. The lowest BCUT2D eigenvalue weighted by molar-refractivity contribution is 0.589. The van der Waals surface area contributed by atoms with Crippen molar-refractivity contribution in [2.45, 2.75) is 37.0 Å². The van der Waals surface area contributed by atoms with Crippen LogP contribution in [0.25, 0.3) is 10.9 Å². The topological polar surface area (TPSA) is 47.8 Å². The van der Waals surface area contributed by atoms with E-state index in [9.17, 15) is 4.79 Å². The van der Waals surface area contributed by atoms with Crippen LogP contribution in [-0.2, 0) is 11.3 Å². The SMILES string of the molecule is CC(C)(C)c1ccc(SCn2nnc3ccccc3c2=O)cc1. The number of hydrogen-bond donors (Lipinski definition) is 0. The van der Waals surface area contributed by atoms with Crippen LogP contribution in [-0.4, -0.2) is 15.0 Å². The fraction of sp³-hybridized carbons (Fsp3) is 0.278. The van der Waals surface area contributed by atoms with Crippen molar-refractivity contribution >= 4 is 22.7 Å². The summed E-state index contributed by atoms with van der Waals surface area (Å²) in [7, 11) is 0. The first-order chi connectivity index (χ1) is 10.9. The predicted octanol–water partition coefficient (Wildman–Crippen LogP) is 3.84. The van der Waals surface area contributed by atoms with Crippen LogP contribution in [0.5, 0.6) is 0 Å². The fourth-order valence-electron chi connectivity index (χ4n) is 2.29. The third-order valence-corrected chi connectivity index (χ3v) is 4.68. The Bertz CT molecular complexity index is 879. The van der Waals surface area contributed by atoms with Crippen molar-refractivity contribution < 1.29 is 0 Å². The first-order valence-electron chi connectivity index (χ1n) is 7.51. The second-order valence-electron chi connectivity index (χ2n) is 6.46. The molecule has 23 heavy (non-hydrogen) atoms. The van der Waals surface area contributed by atoms with Crippen molar-refractivity contribution in [2.75, 3.05) is 0 Å². The minimum atomic E-state index is -0.102. The van der Waals surface area contributed by atoms with E-state index in [1.807, 2.05) is 12.1 Å². The van der Waals surface area contributed by atoms with Gasteiger partial charge >= 0.3 is 0 Å². The van der Waals surface area contributed by atoms with Gasteiger partial charge in [-0.1, -0.05) is 50.3 Å².